The van der Waals surface area contributed by atoms with Crippen LogP contribution in [0.25, 0.3) is 17.2 Å². The molecule has 2 aromatic rings. The lowest BCUT2D eigenvalue weighted by Crippen LogP contribution is -1.82. The molecule has 0 saturated carbocycles. The molecule has 0 aromatic heterocycles. The fourth-order valence-corrected chi connectivity index (χ4v) is 1.67. The molecule has 0 aliphatic rings. The first-order chi connectivity index (χ1) is 8.11. The molecular formula is C14H12O3. The molecule has 3 N–H and O–H groups in total. The Hall–Kier alpha value is -2.42. The minimum atomic E-state index is -0.0226. The highest BCUT2D eigenvalue weighted by Crippen LogP contribution is 2.38. The average Bonchev–Trinajstić information content (AvgIpc) is 2.30. The Balaban J connectivity index is 2.59. The van der Waals surface area contributed by atoms with E-state index < -0.39 is 0 Å². The Morgan fingerprint density at radius 2 is 1.41 bits per heavy atom. The lowest BCUT2D eigenvalue weighted by molar-refractivity contribution is 0.453. The zero-order chi connectivity index (χ0) is 12.4. The summed E-state index contributed by atoms with van der Waals surface area (Å²) < 4.78 is 0. The van der Waals surface area contributed by atoms with Gasteiger partial charge in [0.25, 0.3) is 0 Å². The summed E-state index contributed by atoms with van der Waals surface area (Å²) >= 11 is 0. The van der Waals surface area contributed by atoms with Crippen LogP contribution in [0, 0.1) is 0 Å². The van der Waals surface area contributed by atoms with Gasteiger partial charge >= 0.3 is 0 Å². The largest absolute Gasteiger partial charge is 0.508 e. The lowest BCUT2D eigenvalue weighted by Gasteiger charge is -2.09. The highest BCUT2D eigenvalue weighted by atomic mass is 16.3. The average molecular weight is 228 g/mol. The molecule has 0 amide bonds. The fourth-order valence-electron chi connectivity index (χ4n) is 1.67. The van der Waals surface area contributed by atoms with E-state index in [1.807, 2.05) is 0 Å². The topological polar surface area (TPSA) is 60.7 Å². The van der Waals surface area contributed by atoms with Crippen LogP contribution in [0.15, 0.2) is 43.0 Å². The van der Waals surface area contributed by atoms with Crippen LogP contribution >= 0.6 is 0 Å². The second kappa shape index (κ2) is 4.22. The molecule has 0 unspecified atom stereocenters. The Morgan fingerprint density at radius 3 is 1.88 bits per heavy atom. The third-order valence-electron chi connectivity index (χ3n) is 2.51. The molecule has 0 fully saturated rings. The van der Waals surface area contributed by atoms with Gasteiger partial charge in [-0.25, -0.2) is 0 Å². The number of phenolic OH excluding ortho intramolecular Hbond substituents is 3. The summed E-state index contributed by atoms with van der Waals surface area (Å²) in [6.07, 6.45) is 1.54. The molecule has 0 radical (unpaired) electrons. The van der Waals surface area contributed by atoms with Crippen LogP contribution < -0.4 is 0 Å². The van der Waals surface area contributed by atoms with Crippen molar-refractivity contribution in [3.63, 3.8) is 0 Å². The van der Waals surface area contributed by atoms with Crippen LogP contribution in [-0.2, 0) is 0 Å². The van der Waals surface area contributed by atoms with Crippen molar-refractivity contribution in [2.75, 3.05) is 0 Å². The standard InChI is InChI=1S/C14H12O3/c1-2-9-7-12(16)14(13(17)8-9)10-3-5-11(15)6-4-10/h2-8,15-17H,1H2. The van der Waals surface area contributed by atoms with Crippen molar-refractivity contribution < 1.29 is 15.3 Å². The van der Waals surface area contributed by atoms with Gasteiger partial charge in [0.05, 0.1) is 5.56 Å². The smallest absolute Gasteiger partial charge is 0.127 e. The number of benzene rings is 2. The molecule has 86 valence electrons. The molecule has 0 heterocycles. The van der Waals surface area contributed by atoms with Gasteiger partial charge in [-0.05, 0) is 35.4 Å². The minimum absolute atomic E-state index is 0.0226. The van der Waals surface area contributed by atoms with E-state index in [2.05, 4.69) is 6.58 Å². The Morgan fingerprint density at radius 1 is 0.882 bits per heavy atom. The highest BCUT2D eigenvalue weighted by Gasteiger charge is 2.11. The van der Waals surface area contributed by atoms with E-state index in [1.165, 1.54) is 24.3 Å². The second-order valence-electron chi connectivity index (χ2n) is 3.69. The van der Waals surface area contributed by atoms with Crippen molar-refractivity contribution in [3.05, 3.63) is 48.5 Å². The zero-order valence-corrected chi connectivity index (χ0v) is 9.09. The van der Waals surface area contributed by atoms with Crippen molar-refractivity contribution in [2.24, 2.45) is 0 Å². The van der Waals surface area contributed by atoms with Crippen LogP contribution in [0.3, 0.4) is 0 Å². The monoisotopic (exact) mass is 228 g/mol. The quantitative estimate of drug-likeness (QED) is 0.740. The Labute approximate surface area is 98.9 Å². The number of hydrogen-bond acceptors (Lipinski definition) is 3. The van der Waals surface area contributed by atoms with E-state index in [0.29, 0.717) is 16.7 Å². The molecule has 0 aliphatic carbocycles. The van der Waals surface area contributed by atoms with Gasteiger partial charge in [-0.2, -0.15) is 0 Å². The molecule has 3 heteroatoms. The SMILES string of the molecule is C=Cc1cc(O)c(-c2ccc(O)cc2)c(O)c1. The molecule has 2 aromatic carbocycles. The summed E-state index contributed by atoms with van der Waals surface area (Å²) in [5.74, 6) is 0.0895. The number of rotatable bonds is 2. The maximum atomic E-state index is 9.86. The van der Waals surface area contributed by atoms with E-state index in [-0.39, 0.29) is 17.2 Å². The Kier molecular flexibility index (Phi) is 2.75. The van der Waals surface area contributed by atoms with Crippen LogP contribution in [0.2, 0.25) is 0 Å². The van der Waals surface area contributed by atoms with E-state index in [0.717, 1.165) is 0 Å². The fraction of sp³-hybridized carbons (Fsp3) is 0. The lowest BCUT2D eigenvalue weighted by atomic mass is 10.0. The maximum absolute atomic E-state index is 9.86. The first-order valence-corrected chi connectivity index (χ1v) is 5.09. The van der Waals surface area contributed by atoms with Crippen molar-refractivity contribution >= 4 is 6.08 Å². The first-order valence-electron chi connectivity index (χ1n) is 5.09. The Bertz CT molecular complexity index is 533. The van der Waals surface area contributed by atoms with Crippen LogP contribution in [-0.4, -0.2) is 15.3 Å². The van der Waals surface area contributed by atoms with Crippen molar-refractivity contribution in [1.29, 1.82) is 0 Å². The number of phenols is 3. The van der Waals surface area contributed by atoms with Crippen LogP contribution in [0.5, 0.6) is 17.2 Å². The minimum Gasteiger partial charge on any atom is -0.508 e. The summed E-state index contributed by atoms with van der Waals surface area (Å²) in [5, 5.41) is 28.9. The molecule has 3 nitrogen and oxygen atoms in total. The molecule has 0 aliphatic heterocycles. The van der Waals surface area contributed by atoms with Gasteiger partial charge in [0.15, 0.2) is 0 Å². The van der Waals surface area contributed by atoms with Crippen LogP contribution in [0.4, 0.5) is 0 Å². The van der Waals surface area contributed by atoms with E-state index in [4.69, 9.17) is 0 Å². The van der Waals surface area contributed by atoms with Gasteiger partial charge < -0.3 is 15.3 Å². The van der Waals surface area contributed by atoms with Crippen LogP contribution in [0.1, 0.15) is 5.56 Å². The summed E-state index contributed by atoms with van der Waals surface area (Å²) in [6, 6.07) is 9.28. The highest BCUT2D eigenvalue weighted by molar-refractivity contribution is 5.78. The summed E-state index contributed by atoms with van der Waals surface area (Å²) in [6.45, 7) is 3.57. The van der Waals surface area contributed by atoms with E-state index in [9.17, 15) is 15.3 Å². The second-order valence-corrected chi connectivity index (χ2v) is 3.69. The van der Waals surface area contributed by atoms with Gasteiger partial charge in [-0.3, -0.25) is 0 Å². The molecular weight excluding hydrogens is 216 g/mol. The zero-order valence-electron chi connectivity index (χ0n) is 9.09. The van der Waals surface area contributed by atoms with Crippen molar-refractivity contribution in [1.82, 2.24) is 0 Å². The predicted octanol–water partition coefficient (Wildman–Crippen LogP) is 3.11. The van der Waals surface area contributed by atoms with Crippen molar-refractivity contribution in [2.45, 2.75) is 0 Å². The van der Waals surface area contributed by atoms with Gasteiger partial charge in [-0.15, -0.1) is 0 Å². The molecule has 0 saturated heterocycles. The molecule has 17 heavy (non-hydrogen) atoms. The van der Waals surface area contributed by atoms with E-state index in [1.54, 1.807) is 18.2 Å². The summed E-state index contributed by atoms with van der Waals surface area (Å²) in [4.78, 5) is 0. The molecule has 0 spiro atoms. The third-order valence-corrected chi connectivity index (χ3v) is 2.51. The number of aromatic hydroxyl groups is 3. The molecule has 2 rings (SSSR count). The van der Waals surface area contributed by atoms with Gasteiger partial charge in [0, 0.05) is 0 Å². The van der Waals surface area contributed by atoms with E-state index >= 15 is 0 Å². The summed E-state index contributed by atoms with van der Waals surface area (Å²) in [7, 11) is 0. The molecule has 0 bridgehead atoms. The predicted molar refractivity (Wildman–Crippen MR) is 67.0 cm³/mol. The third kappa shape index (κ3) is 2.08. The van der Waals surface area contributed by atoms with Gasteiger partial charge in [-0.1, -0.05) is 24.8 Å². The summed E-state index contributed by atoms with van der Waals surface area (Å²) in [5.41, 5.74) is 1.62. The maximum Gasteiger partial charge on any atom is 0.127 e. The van der Waals surface area contributed by atoms with Gasteiger partial charge in [0.1, 0.15) is 17.2 Å². The van der Waals surface area contributed by atoms with Crippen molar-refractivity contribution in [3.8, 4) is 28.4 Å². The number of hydrogen-bond donors (Lipinski definition) is 3. The normalized spacial score (nSPS) is 10.1. The first kappa shape index (κ1) is 11.1. The molecule has 0 atom stereocenters. The van der Waals surface area contributed by atoms with Gasteiger partial charge in [0.2, 0.25) is 0 Å².